The van der Waals surface area contributed by atoms with Crippen LogP contribution in [0.1, 0.15) is 29.2 Å². The molecule has 7 heteroatoms. The summed E-state index contributed by atoms with van der Waals surface area (Å²) in [6.45, 7) is 7.19. The normalized spacial score (nSPS) is 20.7. The summed E-state index contributed by atoms with van der Waals surface area (Å²) < 4.78 is 7.57. The summed E-state index contributed by atoms with van der Waals surface area (Å²) in [7, 11) is 0. The summed E-state index contributed by atoms with van der Waals surface area (Å²) in [5.74, 6) is 0.0540. The molecule has 1 aromatic carbocycles. The lowest BCUT2D eigenvalue weighted by Gasteiger charge is -2.35. The molecule has 0 N–H and O–H groups in total. The fourth-order valence-electron chi connectivity index (χ4n) is 3.44. The second kappa shape index (κ2) is 6.68. The largest absolute Gasteiger partial charge is 0.372 e. The molecule has 2 unspecified atom stereocenters. The minimum absolute atomic E-state index is 0.0532. The van der Waals surface area contributed by atoms with Crippen molar-refractivity contribution in [3.63, 3.8) is 0 Å². The van der Waals surface area contributed by atoms with E-state index in [0.717, 1.165) is 26.5 Å². The maximum absolute atomic E-state index is 13.0. The van der Waals surface area contributed by atoms with E-state index < -0.39 is 0 Å². The van der Waals surface area contributed by atoms with Crippen LogP contribution < -0.4 is 0 Å². The first-order valence-corrected chi connectivity index (χ1v) is 9.82. The predicted octanol–water partition coefficient (Wildman–Crippen LogP) is 4.30. The van der Waals surface area contributed by atoms with Gasteiger partial charge in [-0.25, -0.2) is 4.68 Å². The average molecular weight is 390 g/mol. The van der Waals surface area contributed by atoms with Gasteiger partial charge in [0.2, 0.25) is 0 Å². The van der Waals surface area contributed by atoms with Gasteiger partial charge < -0.3 is 9.64 Å². The highest BCUT2D eigenvalue weighted by Gasteiger charge is 2.28. The number of para-hydroxylation sites is 1. The molecule has 1 fully saturated rings. The highest BCUT2D eigenvalue weighted by molar-refractivity contribution is 7.20. The van der Waals surface area contributed by atoms with E-state index in [-0.39, 0.29) is 18.1 Å². The number of morpholine rings is 1. The number of benzene rings is 1. The van der Waals surface area contributed by atoms with E-state index in [9.17, 15) is 4.79 Å². The quantitative estimate of drug-likeness (QED) is 0.656. The van der Waals surface area contributed by atoms with Gasteiger partial charge >= 0.3 is 0 Å². The molecule has 0 bridgehead atoms. The number of thiophene rings is 1. The summed E-state index contributed by atoms with van der Waals surface area (Å²) in [5, 5.41) is 6.24. The molecular weight excluding hydrogens is 370 g/mol. The van der Waals surface area contributed by atoms with Crippen LogP contribution in [0.4, 0.5) is 0 Å². The molecule has 1 saturated heterocycles. The molecule has 1 aliphatic heterocycles. The molecule has 4 rings (SSSR count). The smallest absolute Gasteiger partial charge is 0.264 e. The molecule has 26 heavy (non-hydrogen) atoms. The van der Waals surface area contributed by atoms with E-state index in [4.69, 9.17) is 16.3 Å². The average Bonchev–Trinajstić information content (AvgIpc) is 3.15. The fourth-order valence-corrected chi connectivity index (χ4v) is 4.80. The first-order valence-electron chi connectivity index (χ1n) is 8.63. The second-order valence-electron chi connectivity index (χ2n) is 6.75. The van der Waals surface area contributed by atoms with Gasteiger partial charge in [-0.2, -0.15) is 5.10 Å². The van der Waals surface area contributed by atoms with Gasteiger partial charge in [0, 0.05) is 18.5 Å². The summed E-state index contributed by atoms with van der Waals surface area (Å²) in [6, 6.07) is 9.54. The number of fused-ring (bicyclic) bond motifs is 1. The van der Waals surface area contributed by atoms with E-state index in [0.29, 0.717) is 18.1 Å². The zero-order valence-corrected chi connectivity index (χ0v) is 16.5. The number of halogens is 1. The molecule has 0 radical (unpaired) electrons. The third kappa shape index (κ3) is 3.02. The highest BCUT2D eigenvalue weighted by Crippen LogP contribution is 2.33. The van der Waals surface area contributed by atoms with E-state index in [1.807, 2.05) is 60.7 Å². The Balaban J connectivity index is 1.73. The molecule has 0 aliphatic carbocycles. The molecular formula is C19H20ClN3O2S. The molecule has 3 aromatic rings. The van der Waals surface area contributed by atoms with E-state index >= 15 is 0 Å². The number of hydrogen-bond donors (Lipinski definition) is 0. The lowest BCUT2D eigenvalue weighted by atomic mass is 10.2. The summed E-state index contributed by atoms with van der Waals surface area (Å²) in [5.41, 5.74) is 1.71. The highest BCUT2D eigenvalue weighted by atomic mass is 35.5. The Bertz CT molecular complexity index is 970. The number of carbonyl (C=O) groups is 1. The van der Waals surface area contributed by atoms with Gasteiger partial charge in [0.15, 0.2) is 0 Å². The third-order valence-electron chi connectivity index (χ3n) is 4.54. The van der Waals surface area contributed by atoms with Crippen LogP contribution in [0, 0.1) is 6.92 Å². The van der Waals surface area contributed by atoms with Crippen LogP contribution in [-0.2, 0) is 4.74 Å². The van der Waals surface area contributed by atoms with Crippen molar-refractivity contribution in [3.8, 4) is 5.69 Å². The number of nitrogens with zero attached hydrogens (tertiary/aromatic N) is 3. The van der Waals surface area contributed by atoms with Crippen LogP contribution >= 0.6 is 22.9 Å². The van der Waals surface area contributed by atoms with Gasteiger partial charge in [0.05, 0.1) is 33.5 Å². The maximum atomic E-state index is 13.0. The van der Waals surface area contributed by atoms with Gasteiger partial charge in [-0.15, -0.1) is 11.3 Å². The van der Waals surface area contributed by atoms with Crippen molar-refractivity contribution < 1.29 is 9.53 Å². The molecule has 1 amide bonds. The summed E-state index contributed by atoms with van der Waals surface area (Å²) in [4.78, 5) is 16.6. The van der Waals surface area contributed by atoms with Gasteiger partial charge in [-0.05, 0) is 39.0 Å². The number of carbonyl (C=O) groups excluding carboxylic acids is 1. The number of ether oxygens (including phenoxy) is 1. The standard InChI is InChI=1S/C19H20ClN3O2S/c1-11-9-22(10-12(2)25-11)18(24)17-8-14-13(3)21-23(19(14)26-17)16-7-5-4-6-15(16)20/h4-8,11-12H,9-10H2,1-3H3. The number of amides is 1. The summed E-state index contributed by atoms with van der Waals surface area (Å²) >= 11 is 7.81. The molecule has 3 heterocycles. The first-order chi connectivity index (χ1) is 12.4. The van der Waals surface area contributed by atoms with Crippen LogP contribution in [0.5, 0.6) is 0 Å². The topological polar surface area (TPSA) is 47.4 Å². The Morgan fingerprint density at radius 3 is 2.65 bits per heavy atom. The van der Waals surface area contributed by atoms with E-state index in [1.165, 1.54) is 11.3 Å². The lowest BCUT2D eigenvalue weighted by Crippen LogP contribution is -2.48. The molecule has 1 aliphatic rings. The van der Waals surface area contributed by atoms with Crippen LogP contribution in [-0.4, -0.2) is 45.9 Å². The fraction of sp³-hybridized carbons (Fsp3) is 0.368. The zero-order valence-electron chi connectivity index (χ0n) is 14.9. The molecule has 2 atom stereocenters. The molecule has 2 aromatic heterocycles. The van der Waals surface area contributed by atoms with Crippen molar-refractivity contribution in [1.82, 2.24) is 14.7 Å². The van der Waals surface area contributed by atoms with Crippen LogP contribution in [0.3, 0.4) is 0 Å². The molecule has 0 spiro atoms. The van der Waals surface area contributed by atoms with E-state index in [2.05, 4.69) is 5.10 Å². The monoisotopic (exact) mass is 389 g/mol. The van der Waals surface area contributed by atoms with Crippen molar-refractivity contribution in [3.05, 3.63) is 45.9 Å². The van der Waals surface area contributed by atoms with E-state index in [1.54, 1.807) is 0 Å². The zero-order chi connectivity index (χ0) is 18.4. The van der Waals surface area contributed by atoms with Gasteiger partial charge in [-0.1, -0.05) is 23.7 Å². The van der Waals surface area contributed by atoms with Gasteiger partial charge in [0.25, 0.3) is 5.91 Å². The Morgan fingerprint density at radius 2 is 1.96 bits per heavy atom. The minimum Gasteiger partial charge on any atom is -0.372 e. The van der Waals surface area contributed by atoms with Crippen molar-refractivity contribution >= 4 is 39.1 Å². The second-order valence-corrected chi connectivity index (χ2v) is 8.18. The molecule has 5 nitrogen and oxygen atoms in total. The lowest BCUT2D eigenvalue weighted by molar-refractivity contribution is -0.0585. The molecule has 136 valence electrons. The molecule has 0 saturated carbocycles. The van der Waals surface area contributed by atoms with Crippen LogP contribution in [0.25, 0.3) is 15.9 Å². The predicted molar refractivity (Wildman–Crippen MR) is 105 cm³/mol. The first kappa shape index (κ1) is 17.5. The Morgan fingerprint density at radius 1 is 1.27 bits per heavy atom. The van der Waals surface area contributed by atoms with Gasteiger partial charge in [-0.3, -0.25) is 4.79 Å². The minimum atomic E-state index is 0.0532. The van der Waals surface area contributed by atoms with Crippen molar-refractivity contribution in [2.24, 2.45) is 0 Å². The van der Waals surface area contributed by atoms with Gasteiger partial charge in [0.1, 0.15) is 4.83 Å². The third-order valence-corrected chi connectivity index (χ3v) is 5.96. The number of hydrogen-bond acceptors (Lipinski definition) is 4. The number of rotatable bonds is 2. The van der Waals surface area contributed by atoms with Crippen molar-refractivity contribution in [2.75, 3.05) is 13.1 Å². The van der Waals surface area contributed by atoms with Crippen LogP contribution in [0.2, 0.25) is 5.02 Å². The van der Waals surface area contributed by atoms with Crippen molar-refractivity contribution in [1.29, 1.82) is 0 Å². The SMILES string of the molecule is Cc1nn(-c2ccccc2Cl)c2sc(C(=O)N3CC(C)OC(C)C3)cc12. The Labute approximate surface area is 161 Å². The Hall–Kier alpha value is -1.89. The van der Waals surface area contributed by atoms with Crippen LogP contribution in [0.15, 0.2) is 30.3 Å². The van der Waals surface area contributed by atoms with Crippen molar-refractivity contribution in [2.45, 2.75) is 33.0 Å². The maximum Gasteiger partial charge on any atom is 0.264 e. The number of aryl methyl sites for hydroxylation is 1. The summed E-state index contributed by atoms with van der Waals surface area (Å²) in [6.07, 6.45) is 0.106. The number of aromatic nitrogens is 2. The Kier molecular flexibility index (Phi) is 4.50.